The maximum Gasteiger partial charge on any atom is 0.321 e. The first-order valence-corrected chi connectivity index (χ1v) is 5.38. The molecule has 0 saturated heterocycles. The number of carboxylic acids is 1. The van der Waals surface area contributed by atoms with Gasteiger partial charge in [0.15, 0.2) is 0 Å². The van der Waals surface area contributed by atoms with Crippen LogP contribution in [0.2, 0.25) is 0 Å². The molecule has 0 amide bonds. The highest BCUT2D eigenvalue weighted by molar-refractivity contribution is 7.89. The van der Waals surface area contributed by atoms with Crippen molar-refractivity contribution in [3.8, 4) is 0 Å². The van der Waals surface area contributed by atoms with Gasteiger partial charge in [0.05, 0.1) is 6.20 Å². The summed E-state index contributed by atoms with van der Waals surface area (Å²) in [6.45, 7) is -0.372. The second kappa shape index (κ2) is 4.38. The number of nitrogens with one attached hydrogen (secondary N) is 2. The lowest BCUT2D eigenvalue weighted by molar-refractivity contribution is -0.138. The fraction of sp³-hybridized carbons (Fsp3) is 0.333. The minimum absolute atomic E-state index is 0.0694. The molecule has 0 aliphatic carbocycles. The number of sulfonamides is 1. The highest BCUT2D eigenvalue weighted by Crippen LogP contribution is 2.03. The number of aromatic amines is 1. The number of nitrogens with two attached hydrogens (primary N) is 1. The third-order valence-electron chi connectivity index (χ3n) is 1.59. The molecule has 0 saturated carbocycles. The van der Waals surface area contributed by atoms with E-state index in [2.05, 4.69) is 10.2 Å². The van der Waals surface area contributed by atoms with Crippen LogP contribution in [0.15, 0.2) is 17.3 Å². The molecule has 1 aromatic heterocycles. The van der Waals surface area contributed by atoms with E-state index in [0.29, 0.717) is 0 Å². The number of hydrogen-bond donors (Lipinski definition) is 4. The number of aliphatic carboxylic acids is 1. The predicted molar refractivity (Wildman–Crippen MR) is 49.4 cm³/mol. The van der Waals surface area contributed by atoms with Crippen molar-refractivity contribution in [3.05, 3.63) is 12.4 Å². The lowest BCUT2D eigenvalue weighted by Gasteiger charge is -2.07. The van der Waals surface area contributed by atoms with Crippen molar-refractivity contribution in [3.63, 3.8) is 0 Å². The lowest BCUT2D eigenvalue weighted by Crippen LogP contribution is -2.42. The number of hydrogen-bond acceptors (Lipinski definition) is 5. The van der Waals surface area contributed by atoms with Crippen LogP contribution in [0, 0.1) is 0 Å². The second-order valence-electron chi connectivity index (χ2n) is 2.73. The summed E-state index contributed by atoms with van der Waals surface area (Å²) in [6, 6.07) is -1.27. The Morgan fingerprint density at radius 2 is 2.40 bits per heavy atom. The van der Waals surface area contributed by atoms with Gasteiger partial charge in [-0.15, -0.1) is 0 Å². The Bertz CT molecular complexity index is 426. The first kappa shape index (κ1) is 11.6. The maximum atomic E-state index is 11.4. The SMILES string of the molecule is NC(CNS(=O)(=O)c1cn[nH]c1)C(=O)O. The molecule has 15 heavy (non-hydrogen) atoms. The molecule has 8 nitrogen and oxygen atoms in total. The van der Waals surface area contributed by atoms with E-state index < -0.39 is 22.0 Å². The molecule has 84 valence electrons. The van der Waals surface area contributed by atoms with Crippen molar-refractivity contribution in [1.29, 1.82) is 0 Å². The van der Waals surface area contributed by atoms with Crippen LogP contribution in [0.1, 0.15) is 0 Å². The Morgan fingerprint density at radius 3 is 2.87 bits per heavy atom. The van der Waals surface area contributed by atoms with Gasteiger partial charge in [0.1, 0.15) is 10.9 Å². The van der Waals surface area contributed by atoms with Crippen molar-refractivity contribution in [2.45, 2.75) is 10.9 Å². The lowest BCUT2D eigenvalue weighted by atomic mass is 10.3. The number of carbonyl (C=O) groups is 1. The molecule has 1 aromatic rings. The van der Waals surface area contributed by atoms with Gasteiger partial charge in [-0.3, -0.25) is 9.89 Å². The third kappa shape index (κ3) is 3.01. The standard InChI is InChI=1S/C6H10N4O4S/c7-5(6(11)12)3-10-15(13,14)4-1-8-9-2-4/h1-2,5,10H,3,7H2,(H,8,9)(H,11,12). The minimum atomic E-state index is -3.73. The average molecular weight is 234 g/mol. The zero-order chi connectivity index (χ0) is 11.5. The smallest absolute Gasteiger partial charge is 0.321 e. The fourth-order valence-electron chi connectivity index (χ4n) is 0.756. The summed E-state index contributed by atoms with van der Waals surface area (Å²) in [7, 11) is -3.73. The van der Waals surface area contributed by atoms with E-state index in [1.54, 1.807) is 0 Å². The van der Waals surface area contributed by atoms with Gasteiger partial charge in [-0.25, -0.2) is 13.1 Å². The van der Waals surface area contributed by atoms with Crippen LogP contribution in [0.3, 0.4) is 0 Å². The van der Waals surface area contributed by atoms with Crippen LogP contribution in [0.4, 0.5) is 0 Å². The fourth-order valence-corrected chi connectivity index (χ4v) is 1.72. The van der Waals surface area contributed by atoms with Crippen LogP contribution < -0.4 is 10.5 Å². The third-order valence-corrected chi connectivity index (χ3v) is 2.98. The maximum absolute atomic E-state index is 11.4. The van der Waals surface area contributed by atoms with Gasteiger partial charge < -0.3 is 10.8 Å². The molecule has 0 radical (unpaired) electrons. The topological polar surface area (TPSA) is 138 Å². The van der Waals surface area contributed by atoms with Crippen LogP contribution in [0.5, 0.6) is 0 Å². The summed E-state index contributed by atoms with van der Waals surface area (Å²) >= 11 is 0. The van der Waals surface area contributed by atoms with Gasteiger partial charge in [-0.1, -0.05) is 0 Å². The van der Waals surface area contributed by atoms with Gasteiger partial charge >= 0.3 is 5.97 Å². The first-order chi connectivity index (χ1) is 6.93. The molecule has 1 heterocycles. The minimum Gasteiger partial charge on any atom is -0.480 e. The van der Waals surface area contributed by atoms with Gasteiger partial charge in [-0.05, 0) is 0 Å². The Balaban J connectivity index is 2.63. The molecular weight excluding hydrogens is 224 g/mol. The highest BCUT2D eigenvalue weighted by Gasteiger charge is 2.18. The van der Waals surface area contributed by atoms with Crippen molar-refractivity contribution in [2.24, 2.45) is 5.73 Å². The molecule has 0 aliphatic rings. The summed E-state index contributed by atoms with van der Waals surface area (Å²) in [5.41, 5.74) is 5.13. The Kier molecular flexibility index (Phi) is 3.39. The molecule has 9 heteroatoms. The van der Waals surface area contributed by atoms with E-state index in [9.17, 15) is 13.2 Å². The van der Waals surface area contributed by atoms with Crippen molar-refractivity contribution in [2.75, 3.05) is 6.54 Å². The van der Waals surface area contributed by atoms with E-state index in [-0.39, 0.29) is 11.4 Å². The van der Waals surface area contributed by atoms with E-state index in [4.69, 9.17) is 10.8 Å². The number of aromatic nitrogens is 2. The molecule has 0 fully saturated rings. The zero-order valence-electron chi connectivity index (χ0n) is 7.54. The van der Waals surface area contributed by atoms with E-state index >= 15 is 0 Å². The summed E-state index contributed by atoms with van der Waals surface area (Å²) in [5.74, 6) is -1.27. The quantitative estimate of drug-likeness (QED) is 0.469. The first-order valence-electron chi connectivity index (χ1n) is 3.90. The van der Waals surface area contributed by atoms with Crippen LogP contribution in [-0.4, -0.2) is 42.3 Å². The van der Waals surface area contributed by atoms with Crippen LogP contribution in [0.25, 0.3) is 0 Å². The summed E-state index contributed by atoms with van der Waals surface area (Å²) < 4.78 is 24.9. The predicted octanol–water partition coefficient (Wildman–Crippen LogP) is -1.90. The second-order valence-corrected chi connectivity index (χ2v) is 4.50. The zero-order valence-corrected chi connectivity index (χ0v) is 8.36. The average Bonchev–Trinajstić information content (AvgIpc) is 2.67. The van der Waals surface area contributed by atoms with Crippen LogP contribution >= 0.6 is 0 Å². The number of nitrogens with zero attached hydrogens (tertiary/aromatic N) is 1. The van der Waals surface area contributed by atoms with Gasteiger partial charge in [-0.2, -0.15) is 5.10 Å². The van der Waals surface area contributed by atoms with Crippen LogP contribution in [-0.2, 0) is 14.8 Å². The summed E-state index contributed by atoms with van der Waals surface area (Å²) in [4.78, 5) is 10.3. The molecule has 1 rings (SSSR count). The molecule has 0 spiro atoms. The number of rotatable bonds is 5. The van der Waals surface area contributed by atoms with Gasteiger partial charge in [0, 0.05) is 12.7 Å². The molecule has 0 bridgehead atoms. The Hall–Kier alpha value is -1.45. The Morgan fingerprint density at radius 1 is 1.73 bits per heavy atom. The van der Waals surface area contributed by atoms with Gasteiger partial charge in [0.25, 0.3) is 0 Å². The molecule has 0 aromatic carbocycles. The normalized spacial score (nSPS) is 13.7. The van der Waals surface area contributed by atoms with Crippen molar-refractivity contribution >= 4 is 16.0 Å². The summed E-state index contributed by atoms with van der Waals surface area (Å²) in [6.07, 6.45) is 2.28. The van der Waals surface area contributed by atoms with Gasteiger partial charge in [0.2, 0.25) is 10.0 Å². The largest absolute Gasteiger partial charge is 0.480 e. The van der Waals surface area contributed by atoms with E-state index in [1.165, 1.54) is 6.20 Å². The Labute approximate surface area is 85.5 Å². The molecule has 5 N–H and O–H groups in total. The van der Waals surface area contributed by atoms with Crippen molar-refractivity contribution < 1.29 is 18.3 Å². The number of H-pyrrole nitrogens is 1. The molecular formula is C6H10N4O4S. The molecule has 0 aliphatic heterocycles. The molecule has 1 atom stereocenters. The summed E-state index contributed by atoms with van der Waals surface area (Å²) in [5, 5.41) is 14.2. The van der Waals surface area contributed by atoms with E-state index in [1.807, 2.05) is 4.72 Å². The van der Waals surface area contributed by atoms with Crippen molar-refractivity contribution in [1.82, 2.24) is 14.9 Å². The monoisotopic (exact) mass is 234 g/mol. The highest BCUT2D eigenvalue weighted by atomic mass is 32.2. The van der Waals surface area contributed by atoms with E-state index in [0.717, 1.165) is 6.20 Å². The molecule has 1 unspecified atom stereocenters. The number of carboxylic acid groups (broad SMARTS) is 1.